The molecule has 1 aromatic carbocycles. The number of hydrogen-bond donors (Lipinski definition) is 1. The highest BCUT2D eigenvalue weighted by atomic mass is 35.5. The highest BCUT2D eigenvalue weighted by Gasteiger charge is 2.18. The number of allylic oxidation sites excluding steroid dienone is 2. The van der Waals surface area contributed by atoms with Crippen LogP contribution in [0.5, 0.6) is 0 Å². The van der Waals surface area contributed by atoms with Crippen LogP contribution >= 0.6 is 11.6 Å². The molecule has 1 aliphatic carbocycles. The molecule has 0 fully saturated rings. The van der Waals surface area contributed by atoms with Crippen molar-refractivity contribution in [1.82, 2.24) is 10.4 Å². The second-order valence-electron chi connectivity index (χ2n) is 7.94. The number of benzene rings is 1. The van der Waals surface area contributed by atoms with Gasteiger partial charge in [0.1, 0.15) is 0 Å². The monoisotopic (exact) mass is 390 g/mol. The molecule has 4 heteroatoms. The Bertz CT molecular complexity index is 634. The molecule has 0 heterocycles. The van der Waals surface area contributed by atoms with Crippen molar-refractivity contribution in [3.05, 3.63) is 51.7 Å². The van der Waals surface area contributed by atoms with Crippen LogP contribution in [0.2, 0.25) is 5.02 Å². The molecule has 1 aromatic rings. The Labute approximate surface area is 170 Å². The van der Waals surface area contributed by atoms with E-state index in [1.165, 1.54) is 41.7 Å². The Morgan fingerprint density at radius 2 is 1.96 bits per heavy atom. The zero-order valence-electron chi connectivity index (χ0n) is 17.4. The summed E-state index contributed by atoms with van der Waals surface area (Å²) in [4.78, 5) is 8.14. The molecule has 0 spiro atoms. The molecule has 0 aliphatic heterocycles. The molecule has 2 rings (SSSR count). The van der Waals surface area contributed by atoms with E-state index in [4.69, 9.17) is 16.4 Å². The first-order valence-corrected chi connectivity index (χ1v) is 10.6. The van der Waals surface area contributed by atoms with E-state index in [1.807, 2.05) is 12.1 Å². The number of nitrogens with one attached hydrogen (secondary N) is 1. The Balaban J connectivity index is 2.14. The molecule has 1 atom stereocenters. The Kier molecular flexibility index (Phi) is 9.40. The first kappa shape index (κ1) is 22.0. The molecular formula is C23H35ClN2O. The maximum Gasteiger partial charge on any atom is 0.0783 e. The largest absolute Gasteiger partial charge is 0.309 e. The fourth-order valence-corrected chi connectivity index (χ4v) is 3.71. The fourth-order valence-electron chi connectivity index (χ4n) is 3.58. The van der Waals surface area contributed by atoms with Crippen LogP contribution in [0.25, 0.3) is 6.08 Å². The van der Waals surface area contributed by atoms with Gasteiger partial charge >= 0.3 is 0 Å². The molecule has 0 radical (unpaired) electrons. The van der Waals surface area contributed by atoms with Crippen LogP contribution in [0.15, 0.2) is 41.1 Å². The van der Waals surface area contributed by atoms with Gasteiger partial charge < -0.3 is 4.90 Å². The average Bonchev–Trinajstić information content (AvgIpc) is 2.62. The van der Waals surface area contributed by atoms with Gasteiger partial charge in [0.2, 0.25) is 0 Å². The van der Waals surface area contributed by atoms with E-state index in [-0.39, 0.29) is 0 Å². The van der Waals surface area contributed by atoms with Gasteiger partial charge in [-0.3, -0.25) is 10.3 Å². The second-order valence-corrected chi connectivity index (χ2v) is 8.37. The van der Waals surface area contributed by atoms with Gasteiger partial charge in [-0.25, -0.2) is 0 Å². The predicted molar refractivity (Wildman–Crippen MR) is 117 cm³/mol. The zero-order chi connectivity index (χ0) is 19.6. The normalized spacial score (nSPS) is 17.6. The second kappa shape index (κ2) is 11.5. The lowest BCUT2D eigenvalue weighted by Crippen LogP contribution is -2.27. The molecule has 3 nitrogen and oxygen atoms in total. The summed E-state index contributed by atoms with van der Waals surface area (Å²) in [5, 5.41) is 0.775. The number of nitrogens with zero attached hydrogens (tertiary/aromatic N) is 1. The summed E-state index contributed by atoms with van der Waals surface area (Å²) in [5.74, 6) is 0.486. The van der Waals surface area contributed by atoms with E-state index in [1.54, 1.807) is 0 Å². The maximum atomic E-state index is 6.03. The summed E-state index contributed by atoms with van der Waals surface area (Å²) in [6.07, 6.45) is 9.32. The maximum absolute atomic E-state index is 6.03. The lowest BCUT2D eigenvalue weighted by molar-refractivity contribution is 0.0342. The molecule has 1 aliphatic rings. The van der Waals surface area contributed by atoms with Crippen molar-refractivity contribution in [2.24, 2.45) is 5.92 Å². The van der Waals surface area contributed by atoms with E-state index in [0.717, 1.165) is 30.8 Å². The molecule has 27 heavy (non-hydrogen) atoms. The number of rotatable bonds is 10. The highest BCUT2D eigenvalue weighted by molar-refractivity contribution is 6.30. The molecule has 0 unspecified atom stereocenters. The summed E-state index contributed by atoms with van der Waals surface area (Å²) < 4.78 is 0. The van der Waals surface area contributed by atoms with Crippen LogP contribution in [0.4, 0.5) is 0 Å². The van der Waals surface area contributed by atoms with Crippen LogP contribution < -0.4 is 5.48 Å². The highest BCUT2D eigenvalue weighted by Crippen LogP contribution is 2.32. The number of hydroxylamine groups is 1. The minimum atomic E-state index is 0.486. The van der Waals surface area contributed by atoms with Gasteiger partial charge in [0.25, 0.3) is 0 Å². The van der Waals surface area contributed by atoms with E-state index in [9.17, 15) is 0 Å². The molecule has 1 N–H and O–H groups in total. The third-order valence-corrected chi connectivity index (χ3v) is 5.11. The zero-order valence-corrected chi connectivity index (χ0v) is 18.1. The van der Waals surface area contributed by atoms with Crippen molar-refractivity contribution >= 4 is 17.7 Å². The van der Waals surface area contributed by atoms with Gasteiger partial charge in [-0.2, -0.15) is 0 Å². The topological polar surface area (TPSA) is 24.5 Å². The lowest BCUT2D eigenvalue weighted by atomic mass is 9.88. The first-order chi connectivity index (χ1) is 13.0. The van der Waals surface area contributed by atoms with E-state index < -0.39 is 0 Å². The Morgan fingerprint density at radius 1 is 1.22 bits per heavy atom. The van der Waals surface area contributed by atoms with Crippen molar-refractivity contribution in [1.29, 1.82) is 0 Å². The minimum Gasteiger partial charge on any atom is -0.309 e. The van der Waals surface area contributed by atoms with Crippen LogP contribution in [0.3, 0.4) is 0 Å². The van der Waals surface area contributed by atoms with Crippen molar-refractivity contribution in [2.75, 3.05) is 27.2 Å². The van der Waals surface area contributed by atoms with Gasteiger partial charge in [-0.15, -0.1) is 0 Å². The standard InChI is InChI=1S/C23H35ClN2O/c1-5-6-8-20-9-7-10-21(15-19-11-13-22(24)14-12-19)23(20)25-27-17-18(2)16-26(3)4/h11-15,18,25H,5-10,16-17H2,1-4H3/t18-/m1/s1. The van der Waals surface area contributed by atoms with Gasteiger partial charge in [0.05, 0.1) is 12.3 Å². The molecule has 0 saturated carbocycles. The lowest BCUT2D eigenvalue weighted by Gasteiger charge is -2.25. The van der Waals surface area contributed by atoms with Crippen LogP contribution in [-0.2, 0) is 4.84 Å². The van der Waals surface area contributed by atoms with E-state index in [0.29, 0.717) is 12.5 Å². The third kappa shape index (κ3) is 7.69. The van der Waals surface area contributed by atoms with E-state index >= 15 is 0 Å². The molecular weight excluding hydrogens is 356 g/mol. The van der Waals surface area contributed by atoms with Crippen LogP contribution in [0.1, 0.15) is 57.9 Å². The molecule has 0 aromatic heterocycles. The van der Waals surface area contributed by atoms with Crippen molar-refractivity contribution in [3.63, 3.8) is 0 Å². The van der Waals surface area contributed by atoms with Crippen molar-refractivity contribution in [3.8, 4) is 0 Å². The third-order valence-electron chi connectivity index (χ3n) is 4.86. The summed E-state index contributed by atoms with van der Waals surface area (Å²) in [5.41, 5.74) is 8.58. The van der Waals surface area contributed by atoms with Gasteiger partial charge in [0, 0.05) is 11.6 Å². The fraction of sp³-hybridized carbons (Fsp3) is 0.565. The summed E-state index contributed by atoms with van der Waals surface area (Å²) in [6.45, 7) is 6.20. The van der Waals surface area contributed by atoms with Gasteiger partial charge in [0.15, 0.2) is 0 Å². The SMILES string of the molecule is CCCCC1=C(NOC[C@H](C)CN(C)C)C(=Cc2ccc(Cl)cc2)CCC1. The number of halogens is 1. The molecule has 150 valence electrons. The Hall–Kier alpha value is -1.29. The number of hydrogen-bond acceptors (Lipinski definition) is 3. The smallest absolute Gasteiger partial charge is 0.0783 e. The Morgan fingerprint density at radius 3 is 2.63 bits per heavy atom. The van der Waals surface area contributed by atoms with Crippen molar-refractivity contribution < 1.29 is 4.84 Å². The minimum absolute atomic E-state index is 0.486. The van der Waals surface area contributed by atoms with Gasteiger partial charge in [-0.05, 0) is 87.0 Å². The molecule has 0 bridgehead atoms. The van der Waals surface area contributed by atoms with Crippen LogP contribution in [-0.4, -0.2) is 32.1 Å². The summed E-state index contributed by atoms with van der Waals surface area (Å²) >= 11 is 6.03. The van der Waals surface area contributed by atoms with E-state index in [2.05, 4.69) is 56.5 Å². The molecule has 0 amide bonds. The number of unbranched alkanes of at least 4 members (excludes halogenated alkanes) is 1. The predicted octanol–water partition coefficient (Wildman–Crippen LogP) is 6.07. The molecule has 0 saturated heterocycles. The summed E-state index contributed by atoms with van der Waals surface area (Å²) in [7, 11) is 4.20. The average molecular weight is 391 g/mol. The quantitative estimate of drug-likeness (QED) is 0.490. The van der Waals surface area contributed by atoms with Crippen molar-refractivity contribution in [2.45, 2.75) is 52.4 Å². The van der Waals surface area contributed by atoms with Crippen LogP contribution in [0, 0.1) is 5.92 Å². The summed E-state index contributed by atoms with van der Waals surface area (Å²) in [6, 6.07) is 8.05. The van der Waals surface area contributed by atoms with Gasteiger partial charge in [-0.1, -0.05) is 44.0 Å². The first-order valence-electron chi connectivity index (χ1n) is 10.2.